The van der Waals surface area contributed by atoms with E-state index in [0.717, 1.165) is 39.1 Å². The Morgan fingerprint density at radius 2 is 2.00 bits per heavy atom. The number of aromatic nitrogens is 2. The average Bonchev–Trinajstić information content (AvgIpc) is 2.98. The number of carboxylic acids is 1. The van der Waals surface area contributed by atoms with E-state index in [0.29, 0.717) is 24.3 Å². The third-order valence-electron chi connectivity index (χ3n) is 4.80. The zero-order valence-electron chi connectivity index (χ0n) is 14.3. The fourth-order valence-electron chi connectivity index (χ4n) is 3.15. The zero-order valence-corrected chi connectivity index (χ0v) is 14.3. The maximum atomic E-state index is 11.3. The molecule has 3 rings (SSSR count). The van der Waals surface area contributed by atoms with Gasteiger partial charge in [-0.1, -0.05) is 0 Å². The van der Waals surface area contributed by atoms with E-state index in [4.69, 9.17) is 4.74 Å². The van der Waals surface area contributed by atoms with Crippen molar-refractivity contribution in [2.45, 2.75) is 18.9 Å². The number of carbonyl (C=O) groups is 1. The molecule has 0 aromatic carbocycles. The van der Waals surface area contributed by atoms with Crippen LogP contribution >= 0.6 is 0 Å². The molecule has 2 aliphatic rings. The summed E-state index contributed by atoms with van der Waals surface area (Å²) in [5, 5.41) is 9.28. The van der Waals surface area contributed by atoms with Gasteiger partial charge in [0.25, 0.3) is 0 Å². The van der Waals surface area contributed by atoms with E-state index in [-0.39, 0.29) is 5.82 Å². The van der Waals surface area contributed by atoms with E-state index in [2.05, 4.69) is 38.8 Å². The Labute approximate surface area is 142 Å². The smallest absolute Gasteiger partial charge is 0.374 e. The summed E-state index contributed by atoms with van der Waals surface area (Å²) < 4.78 is 5.81. The third-order valence-corrected chi connectivity index (χ3v) is 4.80. The molecule has 0 amide bonds. The maximum Gasteiger partial charge on any atom is 0.374 e. The summed E-state index contributed by atoms with van der Waals surface area (Å²) in [7, 11) is 4.16. The highest BCUT2D eigenvalue weighted by molar-refractivity contribution is 5.83. The molecule has 8 nitrogen and oxygen atoms in total. The second-order valence-corrected chi connectivity index (χ2v) is 6.57. The van der Waals surface area contributed by atoms with Crippen LogP contribution in [0.3, 0.4) is 0 Å². The number of ether oxygens (including phenoxy) is 1. The lowest BCUT2D eigenvalue weighted by atomic mass is 10.2. The second-order valence-electron chi connectivity index (χ2n) is 6.57. The summed E-state index contributed by atoms with van der Waals surface area (Å²) in [6.07, 6.45) is 2.26. The molecule has 0 radical (unpaired) electrons. The van der Waals surface area contributed by atoms with E-state index in [1.165, 1.54) is 6.42 Å². The number of likely N-dealkylation sites (N-methyl/N-ethyl adjacent to an activating group) is 2. The summed E-state index contributed by atoms with van der Waals surface area (Å²) in [6, 6.07) is 2.12. The van der Waals surface area contributed by atoms with Crippen molar-refractivity contribution in [3.63, 3.8) is 0 Å². The van der Waals surface area contributed by atoms with Crippen molar-refractivity contribution in [1.29, 1.82) is 0 Å². The van der Waals surface area contributed by atoms with Crippen molar-refractivity contribution in [3.8, 4) is 5.88 Å². The molecule has 1 aromatic rings. The van der Waals surface area contributed by atoms with Gasteiger partial charge in [0.1, 0.15) is 12.4 Å². The molecule has 8 heteroatoms. The highest BCUT2D eigenvalue weighted by Crippen LogP contribution is 2.21. The van der Waals surface area contributed by atoms with Crippen LogP contribution in [-0.2, 0) is 0 Å². The quantitative estimate of drug-likeness (QED) is 0.828. The minimum Gasteiger partial charge on any atom is -0.476 e. The van der Waals surface area contributed by atoms with Crippen molar-refractivity contribution in [2.75, 3.05) is 58.3 Å². The molecular formula is C16H25N5O3. The van der Waals surface area contributed by atoms with Crippen LogP contribution in [0.1, 0.15) is 23.5 Å². The third kappa shape index (κ3) is 3.93. The first kappa shape index (κ1) is 16.9. The Kier molecular flexibility index (Phi) is 5.15. The summed E-state index contributed by atoms with van der Waals surface area (Å²) in [4.78, 5) is 26.1. The summed E-state index contributed by atoms with van der Waals surface area (Å²) in [6.45, 7) is 5.08. The molecule has 2 aliphatic heterocycles. The first-order valence-electron chi connectivity index (χ1n) is 8.42. The van der Waals surface area contributed by atoms with Gasteiger partial charge >= 0.3 is 5.97 Å². The predicted octanol–water partition coefficient (Wildman–Crippen LogP) is 0.400. The standard InChI is InChI=1S/C16H25N5O3/c1-19-6-8-21(9-7-19)13-10-14(18-15(17-13)16(22)23)24-11-12-4-3-5-20(12)2/h10,12H,3-9,11H2,1-2H3,(H,22,23)/t12-/m0/s1. The fourth-order valence-corrected chi connectivity index (χ4v) is 3.15. The van der Waals surface area contributed by atoms with Crippen LogP contribution in [0.4, 0.5) is 5.82 Å². The van der Waals surface area contributed by atoms with Crippen LogP contribution < -0.4 is 9.64 Å². The first-order valence-corrected chi connectivity index (χ1v) is 8.42. The van der Waals surface area contributed by atoms with Crippen molar-refractivity contribution < 1.29 is 14.6 Å². The highest BCUT2D eigenvalue weighted by Gasteiger charge is 2.23. The Hall–Kier alpha value is -1.93. The van der Waals surface area contributed by atoms with E-state index in [1.54, 1.807) is 6.07 Å². The van der Waals surface area contributed by atoms with Gasteiger partial charge in [-0.25, -0.2) is 9.78 Å². The van der Waals surface area contributed by atoms with Crippen LogP contribution in [0, 0.1) is 0 Å². The highest BCUT2D eigenvalue weighted by atomic mass is 16.5. The van der Waals surface area contributed by atoms with Gasteiger partial charge in [0.15, 0.2) is 0 Å². The molecule has 0 aliphatic carbocycles. The Bertz CT molecular complexity index is 589. The predicted molar refractivity (Wildman–Crippen MR) is 89.8 cm³/mol. The number of anilines is 1. The minimum atomic E-state index is -1.13. The molecule has 1 aromatic heterocycles. The van der Waals surface area contributed by atoms with E-state index in [1.807, 2.05) is 0 Å². The number of hydrogen-bond acceptors (Lipinski definition) is 7. The normalized spacial score (nSPS) is 22.8. The maximum absolute atomic E-state index is 11.3. The fraction of sp³-hybridized carbons (Fsp3) is 0.688. The molecule has 132 valence electrons. The van der Waals surface area contributed by atoms with Crippen LogP contribution in [0.5, 0.6) is 5.88 Å². The second kappa shape index (κ2) is 7.31. The van der Waals surface area contributed by atoms with Crippen molar-refractivity contribution in [1.82, 2.24) is 19.8 Å². The molecule has 0 spiro atoms. The van der Waals surface area contributed by atoms with E-state index < -0.39 is 5.97 Å². The Morgan fingerprint density at radius 3 is 2.62 bits per heavy atom. The van der Waals surface area contributed by atoms with Gasteiger partial charge < -0.3 is 24.5 Å². The SMILES string of the molecule is CN1CCN(c2cc(OC[C@@H]3CCCN3C)nc(C(=O)O)n2)CC1. The minimum absolute atomic E-state index is 0.207. The van der Waals surface area contributed by atoms with Gasteiger partial charge in [0, 0.05) is 38.3 Å². The number of nitrogens with zero attached hydrogens (tertiary/aromatic N) is 5. The van der Waals surface area contributed by atoms with Crippen LogP contribution in [0.25, 0.3) is 0 Å². The molecule has 2 saturated heterocycles. The van der Waals surface area contributed by atoms with Crippen molar-refractivity contribution in [2.24, 2.45) is 0 Å². The van der Waals surface area contributed by atoms with Crippen molar-refractivity contribution in [3.05, 3.63) is 11.9 Å². The van der Waals surface area contributed by atoms with Crippen LogP contribution in [0.15, 0.2) is 6.07 Å². The largest absolute Gasteiger partial charge is 0.476 e. The summed E-state index contributed by atoms with van der Waals surface area (Å²) in [5.74, 6) is -0.364. The van der Waals surface area contributed by atoms with Crippen LogP contribution in [0.2, 0.25) is 0 Å². The van der Waals surface area contributed by atoms with Gasteiger partial charge in [0.05, 0.1) is 0 Å². The molecule has 0 saturated carbocycles. The van der Waals surface area contributed by atoms with Gasteiger partial charge in [-0.2, -0.15) is 4.98 Å². The van der Waals surface area contributed by atoms with E-state index in [9.17, 15) is 9.90 Å². The lowest BCUT2D eigenvalue weighted by Crippen LogP contribution is -2.45. The molecule has 3 heterocycles. The zero-order chi connectivity index (χ0) is 17.1. The lowest BCUT2D eigenvalue weighted by Gasteiger charge is -2.33. The Morgan fingerprint density at radius 1 is 1.25 bits per heavy atom. The number of likely N-dealkylation sites (tertiary alicyclic amines) is 1. The molecular weight excluding hydrogens is 310 g/mol. The molecule has 1 N–H and O–H groups in total. The first-order chi connectivity index (χ1) is 11.5. The van der Waals surface area contributed by atoms with E-state index >= 15 is 0 Å². The monoisotopic (exact) mass is 335 g/mol. The number of rotatable bonds is 5. The molecule has 0 bridgehead atoms. The number of piperazine rings is 1. The van der Waals surface area contributed by atoms with Gasteiger partial charge in [-0.15, -0.1) is 0 Å². The van der Waals surface area contributed by atoms with Gasteiger partial charge in [-0.3, -0.25) is 0 Å². The average molecular weight is 335 g/mol. The topological polar surface area (TPSA) is 82.0 Å². The van der Waals surface area contributed by atoms with Crippen LogP contribution in [-0.4, -0.2) is 90.3 Å². The molecule has 1 atom stereocenters. The van der Waals surface area contributed by atoms with Gasteiger partial charge in [0.2, 0.25) is 11.7 Å². The molecule has 2 fully saturated rings. The molecule has 24 heavy (non-hydrogen) atoms. The summed E-state index contributed by atoms with van der Waals surface area (Å²) >= 11 is 0. The molecule has 0 unspecified atom stereocenters. The summed E-state index contributed by atoms with van der Waals surface area (Å²) in [5.41, 5.74) is 0. The Balaban J connectivity index is 1.74. The number of carboxylic acid groups (broad SMARTS) is 1. The number of aromatic carboxylic acids is 1. The lowest BCUT2D eigenvalue weighted by molar-refractivity contribution is 0.0681. The van der Waals surface area contributed by atoms with Gasteiger partial charge in [-0.05, 0) is 33.5 Å². The number of hydrogen-bond donors (Lipinski definition) is 1. The van der Waals surface area contributed by atoms with Crippen molar-refractivity contribution >= 4 is 11.8 Å².